The number of hydrogen-bond donors (Lipinski definition) is 2. The molecule has 0 fully saturated rings. The van der Waals surface area contributed by atoms with Crippen molar-refractivity contribution in [2.24, 2.45) is 0 Å². The van der Waals surface area contributed by atoms with Crippen molar-refractivity contribution in [3.63, 3.8) is 0 Å². The first-order valence-corrected chi connectivity index (χ1v) is 12.6. The second-order valence-electron chi connectivity index (χ2n) is 4.51. The van der Waals surface area contributed by atoms with E-state index in [1.807, 2.05) is 20.8 Å². The monoisotopic (exact) mass is 432 g/mol. The van der Waals surface area contributed by atoms with Crippen LogP contribution in [0, 0.1) is 0 Å². The molecule has 2 N–H and O–H groups in total. The quantitative estimate of drug-likeness (QED) is 0.437. The molecule has 0 aliphatic rings. The first-order chi connectivity index (χ1) is 7.94. The van der Waals surface area contributed by atoms with E-state index in [-0.39, 0.29) is 14.7 Å². The van der Waals surface area contributed by atoms with Gasteiger partial charge in [-0.2, -0.15) is 0 Å². The van der Waals surface area contributed by atoms with Gasteiger partial charge in [0.2, 0.25) is 0 Å². The Morgan fingerprint density at radius 1 is 1.35 bits per heavy atom. The van der Waals surface area contributed by atoms with Gasteiger partial charge in [0.05, 0.1) is 0 Å². The Bertz CT molecular complexity index is 257. The van der Waals surface area contributed by atoms with Crippen LogP contribution in [-0.4, -0.2) is 38.6 Å². The van der Waals surface area contributed by atoms with Crippen LogP contribution in [0.25, 0.3) is 0 Å². The summed E-state index contributed by atoms with van der Waals surface area (Å²) in [4.78, 5) is 23.1. The van der Waals surface area contributed by atoms with Crippen molar-refractivity contribution in [1.29, 1.82) is 0 Å². The molecule has 2 amide bonds. The number of amides is 2. The average molecular weight is 431 g/mol. The van der Waals surface area contributed by atoms with Gasteiger partial charge in [-0.1, -0.05) is 0 Å². The van der Waals surface area contributed by atoms with Gasteiger partial charge in [-0.25, -0.2) is 0 Å². The summed E-state index contributed by atoms with van der Waals surface area (Å²) in [5.41, 5.74) is 0. The molecule has 0 unspecified atom stereocenters. The predicted molar refractivity (Wildman–Crippen MR) is 62.4 cm³/mol. The van der Waals surface area contributed by atoms with Crippen molar-refractivity contribution in [1.82, 2.24) is 10.6 Å². The van der Waals surface area contributed by atoms with Crippen molar-refractivity contribution < 1.29 is 38.9 Å². The summed E-state index contributed by atoms with van der Waals surface area (Å²) in [6, 6.07) is 0. The Balaban J connectivity index is 3.79. The van der Waals surface area contributed by atoms with E-state index in [9.17, 15) is 9.59 Å². The van der Waals surface area contributed by atoms with Crippen LogP contribution in [-0.2, 0) is 38.9 Å². The summed E-state index contributed by atoms with van der Waals surface area (Å²) in [7, 11) is 1.64. The Labute approximate surface area is 115 Å². The van der Waals surface area contributed by atoms with Crippen LogP contribution in [0.1, 0.15) is 20.8 Å². The molecule has 0 spiro atoms. The summed E-state index contributed by atoms with van der Waals surface area (Å²) in [5.74, 6) is 0.115. The van der Waals surface area contributed by atoms with E-state index in [0.29, 0.717) is 23.7 Å². The average Bonchev–Trinajstić information content (AvgIpc) is 2.31. The van der Waals surface area contributed by atoms with Gasteiger partial charge < -0.3 is 0 Å². The molecule has 5 nitrogen and oxygen atoms in total. The molecule has 96 valence electrons. The number of hydrogen-bond acceptors (Lipinski definition) is 3. The zero-order valence-electron chi connectivity index (χ0n) is 11.3. The van der Waals surface area contributed by atoms with Crippen molar-refractivity contribution in [3.8, 4) is 0 Å². The molecule has 0 aliphatic heterocycles. The second-order valence-corrected chi connectivity index (χ2v) is 15.3. The molecule has 0 rings (SSSR count). The van der Waals surface area contributed by atoms with Crippen LogP contribution in [0.4, 0.5) is 0 Å². The molecule has 0 aromatic heterocycles. The molecule has 0 saturated carbocycles. The van der Waals surface area contributed by atoms with Gasteiger partial charge in [0.25, 0.3) is 0 Å². The van der Waals surface area contributed by atoms with E-state index in [1.165, 1.54) is 0 Å². The van der Waals surface area contributed by atoms with E-state index in [0.717, 1.165) is 0 Å². The topological polar surface area (TPSA) is 67.4 Å². The number of carbonyl (C=O) groups is 2. The van der Waals surface area contributed by atoms with E-state index < -0.39 is 24.6 Å². The summed E-state index contributed by atoms with van der Waals surface area (Å²) >= 11 is -1.55. The molecule has 0 aromatic carbocycles. The standard InChI is InChI=1S/C6H12NO2.C5H10NO.Hg/c1-3-9-5-4-7-6(2)8;1-4(2)5(7)6-3;/h2-5H2,1H3,(H,7,8);1-3H3,(H,6,7);. The number of ether oxygens (including phenoxy) is 1. The molecular weight excluding hydrogens is 409 g/mol. The zero-order valence-corrected chi connectivity index (χ0v) is 16.8. The molecule has 0 bridgehead atoms. The fraction of sp³-hybridized carbons (Fsp3) is 0.818. The van der Waals surface area contributed by atoms with E-state index in [1.54, 1.807) is 7.05 Å². The van der Waals surface area contributed by atoms with Crippen molar-refractivity contribution >= 4 is 11.8 Å². The Morgan fingerprint density at radius 2 is 2.00 bits per heavy atom. The van der Waals surface area contributed by atoms with E-state index in [2.05, 4.69) is 10.6 Å². The minimum atomic E-state index is -1.55. The van der Waals surface area contributed by atoms with Gasteiger partial charge >= 0.3 is 116 Å². The third-order valence-corrected chi connectivity index (χ3v) is 11.4. The molecule has 0 aliphatic carbocycles. The number of rotatable bonds is 8. The van der Waals surface area contributed by atoms with Crippen LogP contribution in [0.15, 0.2) is 0 Å². The number of carbonyl (C=O) groups excluding carboxylic acids is 2. The number of nitrogens with one attached hydrogen (secondary N) is 2. The second kappa shape index (κ2) is 8.86. The molecule has 17 heavy (non-hydrogen) atoms. The van der Waals surface area contributed by atoms with Crippen molar-refractivity contribution in [2.45, 2.75) is 27.6 Å². The van der Waals surface area contributed by atoms with Crippen molar-refractivity contribution in [2.75, 3.05) is 26.8 Å². The molecule has 6 heteroatoms. The van der Waals surface area contributed by atoms with E-state index in [4.69, 9.17) is 4.74 Å². The van der Waals surface area contributed by atoms with Gasteiger partial charge in [0, 0.05) is 0 Å². The SMILES string of the molecule is CCOCCNC(=O)[CH2][Hg][C](C)(C)C(=O)NC. The van der Waals surface area contributed by atoms with Crippen LogP contribution in [0.2, 0.25) is 6.85 Å². The summed E-state index contributed by atoms with van der Waals surface area (Å²) < 4.78 is 5.41. The molecule has 0 heterocycles. The predicted octanol–water partition coefficient (Wildman–Crippen LogP) is 0.584. The van der Waals surface area contributed by atoms with Gasteiger partial charge in [-0.05, 0) is 0 Å². The third kappa shape index (κ3) is 7.70. The molecule has 0 saturated heterocycles. The maximum absolute atomic E-state index is 11.5. The fourth-order valence-electron chi connectivity index (χ4n) is 1.37. The maximum atomic E-state index is 11.5. The Morgan fingerprint density at radius 3 is 2.53 bits per heavy atom. The van der Waals surface area contributed by atoms with Gasteiger partial charge in [0.1, 0.15) is 0 Å². The van der Waals surface area contributed by atoms with E-state index >= 15 is 0 Å². The summed E-state index contributed by atoms with van der Waals surface area (Å²) in [5, 5.41) is 5.46. The van der Waals surface area contributed by atoms with Crippen LogP contribution in [0.5, 0.6) is 0 Å². The fourth-order valence-corrected chi connectivity index (χ4v) is 6.94. The first-order valence-electron chi connectivity index (χ1n) is 6.00. The molecule has 0 atom stereocenters. The summed E-state index contributed by atoms with van der Waals surface area (Å²) in [6.45, 7) is 7.56. The Kier molecular flexibility index (Phi) is 8.77. The Hall–Kier alpha value is -0.165. The van der Waals surface area contributed by atoms with Crippen molar-refractivity contribution in [3.05, 3.63) is 0 Å². The van der Waals surface area contributed by atoms with Gasteiger partial charge in [-0.15, -0.1) is 0 Å². The minimum absolute atomic E-state index is 0.0567. The summed E-state index contributed by atoms with van der Waals surface area (Å²) in [6.07, 6.45) is 0. The third-order valence-electron chi connectivity index (χ3n) is 2.59. The van der Waals surface area contributed by atoms with Crippen LogP contribution < -0.4 is 10.6 Å². The van der Waals surface area contributed by atoms with Crippen LogP contribution in [0.3, 0.4) is 0 Å². The van der Waals surface area contributed by atoms with Gasteiger partial charge in [0.15, 0.2) is 0 Å². The molecule has 0 radical (unpaired) electrons. The molecule has 0 aromatic rings. The van der Waals surface area contributed by atoms with Crippen LogP contribution >= 0.6 is 0 Å². The normalized spacial score (nSPS) is 10.6. The molecular formula is C11H22HgN2O3. The van der Waals surface area contributed by atoms with Gasteiger partial charge in [-0.3, -0.25) is 0 Å². The zero-order chi connectivity index (χ0) is 13.3. The first kappa shape index (κ1) is 16.8.